The van der Waals surface area contributed by atoms with Crippen LogP contribution in [0, 0.1) is 13.8 Å². The summed E-state index contributed by atoms with van der Waals surface area (Å²) in [6, 6.07) is 6.53. The van der Waals surface area contributed by atoms with Gasteiger partial charge in [-0.25, -0.2) is 17.8 Å². The molecule has 0 saturated heterocycles. The van der Waals surface area contributed by atoms with Gasteiger partial charge in [-0.2, -0.15) is 5.10 Å². The van der Waals surface area contributed by atoms with Gasteiger partial charge in [0.05, 0.1) is 19.3 Å². The normalized spacial score (nSPS) is 14.4. The Bertz CT molecular complexity index is 978. The highest BCUT2D eigenvalue weighted by molar-refractivity contribution is 7.89. The fourth-order valence-corrected chi connectivity index (χ4v) is 3.97. The predicted molar refractivity (Wildman–Crippen MR) is 98.1 cm³/mol. The van der Waals surface area contributed by atoms with Gasteiger partial charge in [0.25, 0.3) is 5.56 Å². The number of rotatable bonds is 7. The van der Waals surface area contributed by atoms with Crippen LogP contribution in [0.2, 0.25) is 0 Å². The third-order valence-electron chi connectivity index (χ3n) is 4.57. The molecular formula is C18H23N3O4S. The Balaban J connectivity index is 1.74. The summed E-state index contributed by atoms with van der Waals surface area (Å²) in [5.74, 6) is 0.727. The van der Waals surface area contributed by atoms with Gasteiger partial charge < -0.3 is 4.74 Å². The van der Waals surface area contributed by atoms with Crippen LogP contribution >= 0.6 is 0 Å². The van der Waals surface area contributed by atoms with Crippen molar-refractivity contribution in [3.63, 3.8) is 0 Å². The number of aromatic nitrogens is 2. The van der Waals surface area contributed by atoms with Gasteiger partial charge in [0.15, 0.2) is 0 Å². The van der Waals surface area contributed by atoms with Gasteiger partial charge >= 0.3 is 0 Å². The minimum absolute atomic E-state index is 0.0689. The molecule has 1 saturated carbocycles. The van der Waals surface area contributed by atoms with Crippen molar-refractivity contribution in [1.29, 1.82) is 0 Å². The van der Waals surface area contributed by atoms with Crippen LogP contribution in [-0.4, -0.2) is 31.9 Å². The standard InChI is InChI=1S/C18H23N3O4S/c1-12-10-16(25-3)17(11-13(12)2)26(23,24)19-8-9-21-18(22)7-6-15(20-21)14-4-5-14/h6-7,10-11,14,19H,4-5,8-9H2,1-3H3. The van der Waals surface area contributed by atoms with Crippen LogP contribution in [0.4, 0.5) is 0 Å². The molecule has 0 unspecified atom stereocenters. The Morgan fingerprint density at radius 3 is 2.58 bits per heavy atom. The minimum Gasteiger partial charge on any atom is -0.495 e. The number of nitrogens with zero attached hydrogens (tertiary/aromatic N) is 2. The quantitative estimate of drug-likeness (QED) is 0.793. The lowest BCUT2D eigenvalue weighted by atomic mass is 10.1. The third kappa shape index (κ3) is 3.96. The highest BCUT2D eigenvalue weighted by Gasteiger charge is 2.25. The second-order valence-electron chi connectivity index (χ2n) is 6.58. The minimum atomic E-state index is -3.76. The summed E-state index contributed by atoms with van der Waals surface area (Å²) in [6.07, 6.45) is 2.18. The summed E-state index contributed by atoms with van der Waals surface area (Å²) in [6.45, 7) is 3.98. The molecule has 0 amide bonds. The first-order valence-electron chi connectivity index (χ1n) is 8.55. The number of hydrogen-bond donors (Lipinski definition) is 1. The first-order valence-corrected chi connectivity index (χ1v) is 10.0. The molecule has 2 aromatic rings. The Hall–Kier alpha value is -2.19. The Morgan fingerprint density at radius 2 is 1.92 bits per heavy atom. The lowest BCUT2D eigenvalue weighted by molar-refractivity contribution is 0.401. The maximum atomic E-state index is 12.6. The summed E-state index contributed by atoms with van der Waals surface area (Å²) < 4.78 is 34.3. The molecule has 1 aromatic carbocycles. The maximum absolute atomic E-state index is 12.6. The van der Waals surface area contributed by atoms with E-state index in [4.69, 9.17) is 4.74 Å². The smallest absolute Gasteiger partial charge is 0.266 e. The molecule has 1 fully saturated rings. The topological polar surface area (TPSA) is 90.3 Å². The molecular weight excluding hydrogens is 354 g/mol. The van der Waals surface area contributed by atoms with Crippen LogP contribution < -0.4 is 15.0 Å². The molecule has 0 spiro atoms. The highest BCUT2D eigenvalue weighted by atomic mass is 32.2. The zero-order chi connectivity index (χ0) is 18.9. The van der Waals surface area contributed by atoms with Crippen molar-refractivity contribution in [2.75, 3.05) is 13.7 Å². The van der Waals surface area contributed by atoms with Crippen molar-refractivity contribution in [2.24, 2.45) is 0 Å². The van der Waals surface area contributed by atoms with Gasteiger partial charge in [-0.15, -0.1) is 0 Å². The average Bonchev–Trinajstić information content (AvgIpc) is 3.43. The van der Waals surface area contributed by atoms with E-state index in [-0.39, 0.29) is 23.5 Å². The molecule has 26 heavy (non-hydrogen) atoms. The molecule has 1 aliphatic rings. The summed E-state index contributed by atoms with van der Waals surface area (Å²) in [5, 5.41) is 4.33. The van der Waals surface area contributed by atoms with Crippen molar-refractivity contribution in [1.82, 2.24) is 14.5 Å². The predicted octanol–water partition coefficient (Wildman–Crippen LogP) is 1.72. The van der Waals surface area contributed by atoms with Gasteiger partial charge in [-0.1, -0.05) is 0 Å². The molecule has 1 aliphatic carbocycles. The molecule has 7 nitrogen and oxygen atoms in total. The van der Waals surface area contributed by atoms with Crippen LogP contribution in [0.3, 0.4) is 0 Å². The summed E-state index contributed by atoms with van der Waals surface area (Å²) in [4.78, 5) is 12.0. The van der Waals surface area contributed by atoms with Gasteiger partial charge in [0.1, 0.15) is 10.6 Å². The number of aryl methyl sites for hydroxylation is 2. The van der Waals surface area contributed by atoms with Crippen molar-refractivity contribution in [3.8, 4) is 5.75 Å². The maximum Gasteiger partial charge on any atom is 0.266 e. The largest absolute Gasteiger partial charge is 0.495 e. The Labute approximate surface area is 153 Å². The van der Waals surface area contributed by atoms with Crippen LogP contribution in [0.15, 0.2) is 34.0 Å². The van der Waals surface area contributed by atoms with E-state index in [9.17, 15) is 13.2 Å². The fraction of sp³-hybridized carbons (Fsp3) is 0.444. The van der Waals surface area contributed by atoms with Crippen LogP contribution in [0.1, 0.15) is 35.6 Å². The highest BCUT2D eigenvalue weighted by Crippen LogP contribution is 2.38. The van der Waals surface area contributed by atoms with Crippen molar-refractivity contribution >= 4 is 10.0 Å². The van der Waals surface area contributed by atoms with E-state index in [0.29, 0.717) is 11.7 Å². The molecule has 8 heteroatoms. The van der Waals surface area contributed by atoms with Gasteiger partial charge in [0, 0.05) is 18.5 Å². The number of hydrogen-bond acceptors (Lipinski definition) is 5. The molecule has 1 aromatic heterocycles. The number of methoxy groups -OCH3 is 1. The summed E-state index contributed by atoms with van der Waals surface area (Å²) in [7, 11) is -2.32. The molecule has 1 N–H and O–H groups in total. The van der Waals surface area contributed by atoms with Gasteiger partial charge in [-0.3, -0.25) is 4.79 Å². The lowest BCUT2D eigenvalue weighted by Crippen LogP contribution is -2.32. The van der Waals surface area contributed by atoms with Crippen molar-refractivity contribution < 1.29 is 13.2 Å². The number of ether oxygens (including phenoxy) is 1. The third-order valence-corrected chi connectivity index (χ3v) is 6.05. The van der Waals surface area contributed by atoms with Gasteiger partial charge in [-0.05, 0) is 56.0 Å². The monoisotopic (exact) mass is 377 g/mol. The van der Waals surface area contributed by atoms with Crippen LogP contribution in [-0.2, 0) is 16.6 Å². The van der Waals surface area contributed by atoms with Gasteiger partial charge in [0.2, 0.25) is 10.0 Å². The average molecular weight is 377 g/mol. The summed E-state index contributed by atoms with van der Waals surface area (Å²) >= 11 is 0. The van der Waals surface area contributed by atoms with E-state index in [1.54, 1.807) is 18.2 Å². The van der Waals surface area contributed by atoms with E-state index >= 15 is 0 Å². The Morgan fingerprint density at radius 1 is 1.23 bits per heavy atom. The van der Waals surface area contributed by atoms with E-state index in [1.807, 2.05) is 13.8 Å². The first kappa shape index (κ1) is 18.6. The van der Waals surface area contributed by atoms with E-state index in [0.717, 1.165) is 29.7 Å². The number of benzene rings is 1. The molecule has 0 aliphatic heterocycles. The zero-order valence-corrected chi connectivity index (χ0v) is 16.0. The molecule has 1 heterocycles. The van der Waals surface area contributed by atoms with Crippen LogP contribution in [0.5, 0.6) is 5.75 Å². The molecule has 3 rings (SSSR count). The summed E-state index contributed by atoms with van der Waals surface area (Å²) in [5.41, 5.74) is 2.47. The lowest BCUT2D eigenvalue weighted by Gasteiger charge is -2.13. The zero-order valence-electron chi connectivity index (χ0n) is 15.2. The van der Waals surface area contributed by atoms with E-state index < -0.39 is 10.0 Å². The van der Waals surface area contributed by atoms with E-state index in [1.165, 1.54) is 17.9 Å². The van der Waals surface area contributed by atoms with Crippen LogP contribution in [0.25, 0.3) is 0 Å². The molecule has 0 bridgehead atoms. The van der Waals surface area contributed by atoms with Crippen molar-refractivity contribution in [2.45, 2.75) is 44.0 Å². The SMILES string of the molecule is COc1cc(C)c(C)cc1S(=O)(=O)NCCn1nc(C2CC2)ccc1=O. The van der Waals surface area contributed by atoms with E-state index in [2.05, 4.69) is 9.82 Å². The van der Waals surface area contributed by atoms with Crippen molar-refractivity contribution in [3.05, 3.63) is 51.4 Å². The first-order chi connectivity index (χ1) is 12.3. The molecule has 0 atom stereocenters. The second-order valence-corrected chi connectivity index (χ2v) is 8.31. The molecule has 140 valence electrons. The fourth-order valence-electron chi connectivity index (χ4n) is 2.72. The number of nitrogens with one attached hydrogen (secondary N) is 1. The molecule has 0 radical (unpaired) electrons. The second kappa shape index (κ2) is 7.20. The Kier molecular flexibility index (Phi) is 5.15. The number of sulfonamides is 1.